The van der Waals surface area contributed by atoms with E-state index in [9.17, 15) is 5.26 Å². The molecule has 0 amide bonds. The molecule has 0 aliphatic heterocycles. The van der Waals surface area contributed by atoms with Gasteiger partial charge < -0.3 is 4.74 Å². The Morgan fingerprint density at radius 1 is 1.00 bits per heavy atom. The summed E-state index contributed by atoms with van der Waals surface area (Å²) < 4.78 is 7.54. The first-order chi connectivity index (χ1) is 10.3. The molecule has 0 saturated carbocycles. The van der Waals surface area contributed by atoms with E-state index in [0.29, 0.717) is 22.9 Å². The lowest BCUT2D eigenvalue weighted by atomic mass is 10.2. The summed E-state index contributed by atoms with van der Waals surface area (Å²) in [6.07, 6.45) is 0. The molecule has 0 spiro atoms. The van der Waals surface area contributed by atoms with Gasteiger partial charge in [-0.15, -0.1) is 0 Å². The molecule has 1 aromatic heterocycles. The van der Waals surface area contributed by atoms with E-state index >= 15 is 0 Å². The summed E-state index contributed by atoms with van der Waals surface area (Å²) in [5.74, 6) is 1.11. The Morgan fingerprint density at radius 3 is 2.24 bits per heavy atom. The maximum atomic E-state index is 9.35. The van der Waals surface area contributed by atoms with Crippen LogP contribution in [0.15, 0.2) is 60.7 Å². The maximum Gasteiger partial charge on any atom is 0.240 e. The third-order valence-electron chi connectivity index (χ3n) is 3.09. The number of para-hydroxylation sites is 2. The smallest absolute Gasteiger partial charge is 0.240 e. The Morgan fingerprint density at radius 2 is 1.62 bits per heavy atom. The van der Waals surface area contributed by atoms with Gasteiger partial charge in [0.2, 0.25) is 5.88 Å². The summed E-state index contributed by atoms with van der Waals surface area (Å²) in [4.78, 5) is 0. The summed E-state index contributed by atoms with van der Waals surface area (Å²) in [7, 11) is 0. The monoisotopic (exact) mass is 275 g/mol. The minimum absolute atomic E-state index is 0.437. The highest BCUT2D eigenvalue weighted by Crippen LogP contribution is 2.29. The van der Waals surface area contributed by atoms with Crippen LogP contribution in [0.25, 0.3) is 5.69 Å². The van der Waals surface area contributed by atoms with E-state index < -0.39 is 0 Å². The predicted molar refractivity (Wildman–Crippen MR) is 79.5 cm³/mol. The van der Waals surface area contributed by atoms with Gasteiger partial charge in [0.25, 0.3) is 0 Å². The number of ether oxygens (including phenoxy) is 1. The number of hydrogen-bond donors (Lipinski definition) is 0. The van der Waals surface area contributed by atoms with Crippen LogP contribution >= 0.6 is 0 Å². The minimum Gasteiger partial charge on any atom is -0.438 e. The van der Waals surface area contributed by atoms with Gasteiger partial charge in [-0.05, 0) is 31.2 Å². The zero-order valence-electron chi connectivity index (χ0n) is 11.5. The largest absolute Gasteiger partial charge is 0.438 e. The molecule has 1 heterocycles. The van der Waals surface area contributed by atoms with E-state index in [1.165, 1.54) is 0 Å². The topological polar surface area (TPSA) is 50.8 Å². The van der Waals surface area contributed by atoms with Gasteiger partial charge in [0.15, 0.2) is 0 Å². The fourth-order valence-corrected chi connectivity index (χ4v) is 2.07. The molecule has 0 saturated heterocycles. The molecular formula is C17H13N3O. The van der Waals surface area contributed by atoms with Crippen LogP contribution in [0.4, 0.5) is 0 Å². The number of rotatable bonds is 3. The summed E-state index contributed by atoms with van der Waals surface area (Å²) in [6.45, 7) is 1.80. The Hall–Kier alpha value is -3.06. The molecule has 0 bridgehead atoms. The standard InChI is InChI=1S/C17H13N3O/c1-13-16(12-18)17(21-15-10-6-3-7-11-15)20(19-13)14-8-4-2-5-9-14/h2-11H,1H3. The van der Waals surface area contributed by atoms with Crippen molar-refractivity contribution in [2.45, 2.75) is 6.92 Å². The quantitative estimate of drug-likeness (QED) is 0.729. The van der Waals surface area contributed by atoms with Crippen LogP contribution < -0.4 is 4.74 Å². The Bertz CT molecular complexity index is 786. The molecule has 0 radical (unpaired) electrons. The second kappa shape index (κ2) is 5.51. The van der Waals surface area contributed by atoms with Crippen molar-refractivity contribution in [1.29, 1.82) is 5.26 Å². The van der Waals surface area contributed by atoms with Crippen molar-refractivity contribution in [3.05, 3.63) is 71.9 Å². The Balaban J connectivity index is 2.12. The molecule has 0 fully saturated rings. The van der Waals surface area contributed by atoms with Crippen molar-refractivity contribution < 1.29 is 4.74 Å². The van der Waals surface area contributed by atoms with Crippen LogP contribution in [-0.2, 0) is 0 Å². The molecule has 3 aromatic rings. The first-order valence-corrected chi connectivity index (χ1v) is 6.57. The van der Waals surface area contributed by atoms with Crippen molar-refractivity contribution in [1.82, 2.24) is 9.78 Å². The number of nitriles is 1. The van der Waals surface area contributed by atoms with Crippen LogP contribution in [0.2, 0.25) is 0 Å². The normalized spacial score (nSPS) is 10.1. The molecule has 0 unspecified atom stereocenters. The van der Waals surface area contributed by atoms with Crippen LogP contribution in [0.3, 0.4) is 0 Å². The molecule has 0 N–H and O–H groups in total. The molecule has 102 valence electrons. The second-order valence-electron chi connectivity index (χ2n) is 4.54. The fraction of sp³-hybridized carbons (Fsp3) is 0.0588. The molecule has 4 heteroatoms. The molecule has 4 nitrogen and oxygen atoms in total. The lowest BCUT2D eigenvalue weighted by Crippen LogP contribution is -1.99. The third kappa shape index (κ3) is 2.49. The zero-order chi connectivity index (χ0) is 14.7. The van der Waals surface area contributed by atoms with Crippen LogP contribution in [0.1, 0.15) is 11.3 Å². The average molecular weight is 275 g/mol. The van der Waals surface area contributed by atoms with Crippen molar-refractivity contribution in [3.8, 4) is 23.4 Å². The van der Waals surface area contributed by atoms with Gasteiger partial charge in [-0.25, -0.2) is 0 Å². The van der Waals surface area contributed by atoms with Crippen LogP contribution in [0.5, 0.6) is 11.6 Å². The first-order valence-electron chi connectivity index (χ1n) is 6.57. The van der Waals surface area contributed by atoms with Gasteiger partial charge in [-0.2, -0.15) is 15.0 Å². The summed E-state index contributed by atoms with van der Waals surface area (Å²) in [6, 6.07) is 21.2. The fourth-order valence-electron chi connectivity index (χ4n) is 2.07. The van der Waals surface area contributed by atoms with E-state index in [0.717, 1.165) is 5.69 Å². The molecule has 3 rings (SSSR count). The number of nitrogens with zero attached hydrogens (tertiary/aromatic N) is 3. The lowest BCUT2D eigenvalue weighted by Gasteiger charge is -2.09. The van der Waals surface area contributed by atoms with E-state index in [2.05, 4.69) is 11.2 Å². The molecule has 0 atom stereocenters. The predicted octanol–water partition coefficient (Wildman–Crippen LogP) is 3.84. The summed E-state index contributed by atoms with van der Waals surface area (Å²) in [5, 5.41) is 13.8. The van der Waals surface area contributed by atoms with Gasteiger partial charge in [0.1, 0.15) is 17.4 Å². The van der Waals surface area contributed by atoms with Gasteiger partial charge in [0.05, 0.1) is 11.4 Å². The molecular weight excluding hydrogens is 262 g/mol. The highest BCUT2D eigenvalue weighted by molar-refractivity contribution is 5.49. The average Bonchev–Trinajstić information content (AvgIpc) is 2.85. The van der Waals surface area contributed by atoms with Gasteiger partial charge in [0, 0.05) is 0 Å². The van der Waals surface area contributed by atoms with E-state index in [4.69, 9.17) is 4.74 Å². The highest BCUT2D eigenvalue weighted by Gasteiger charge is 2.18. The Kier molecular flexibility index (Phi) is 3.40. The molecule has 21 heavy (non-hydrogen) atoms. The maximum absolute atomic E-state index is 9.35. The first kappa shape index (κ1) is 12.9. The Labute approximate surface area is 122 Å². The van der Waals surface area contributed by atoms with Crippen LogP contribution in [-0.4, -0.2) is 9.78 Å². The van der Waals surface area contributed by atoms with Gasteiger partial charge >= 0.3 is 0 Å². The summed E-state index contributed by atoms with van der Waals surface area (Å²) >= 11 is 0. The lowest BCUT2D eigenvalue weighted by molar-refractivity contribution is 0.443. The van der Waals surface area contributed by atoms with Crippen molar-refractivity contribution in [3.63, 3.8) is 0 Å². The molecule has 0 aliphatic rings. The molecule has 2 aromatic carbocycles. The second-order valence-corrected chi connectivity index (χ2v) is 4.54. The van der Waals surface area contributed by atoms with Crippen molar-refractivity contribution in [2.75, 3.05) is 0 Å². The highest BCUT2D eigenvalue weighted by atomic mass is 16.5. The number of aromatic nitrogens is 2. The van der Waals surface area contributed by atoms with Crippen molar-refractivity contribution >= 4 is 0 Å². The number of hydrogen-bond acceptors (Lipinski definition) is 3. The number of benzene rings is 2. The minimum atomic E-state index is 0.437. The van der Waals surface area contributed by atoms with E-state index in [1.54, 1.807) is 11.6 Å². The van der Waals surface area contributed by atoms with Gasteiger partial charge in [-0.1, -0.05) is 36.4 Å². The third-order valence-corrected chi connectivity index (χ3v) is 3.09. The van der Waals surface area contributed by atoms with Crippen LogP contribution in [0, 0.1) is 18.3 Å². The van der Waals surface area contributed by atoms with Gasteiger partial charge in [-0.3, -0.25) is 0 Å². The van der Waals surface area contributed by atoms with E-state index in [1.807, 2.05) is 60.7 Å². The van der Waals surface area contributed by atoms with Crippen molar-refractivity contribution in [2.24, 2.45) is 0 Å². The molecule has 0 aliphatic carbocycles. The van der Waals surface area contributed by atoms with E-state index in [-0.39, 0.29) is 0 Å². The number of aryl methyl sites for hydroxylation is 1. The summed E-state index contributed by atoms with van der Waals surface area (Å²) in [5.41, 5.74) is 1.95. The zero-order valence-corrected chi connectivity index (χ0v) is 11.5. The SMILES string of the molecule is Cc1nn(-c2ccccc2)c(Oc2ccccc2)c1C#N.